The van der Waals surface area contributed by atoms with Crippen LogP contribution in [-0.4, -0.2) is 22.6 Å². The van der Waals surface area contributed by atoms with E-state index < -0.39 is 0 Å². The third-order valence-corrected chi connectivity index (χ3v) is 5.74. The average molecular weight is 457 g/mol. The fourth-order valence-electron chi connectivity index (χ4n) is 3.87. The monoisotopic (exact) mass is 456 g/mol. The molecular weight excluding hydrogens is 420 g/mol. The number of phenols is 2. The standard InChI is InChI=1S/C30H36N2O2/c1-19-13-21(27(33)25(15-19)29(3,4)5)17-31-23-9-11-24(12-10-23)32-18-22-14-20(2)16-26(28(22)34)30(6,7)8/h9-18,33-34H,1-8H3. The van der Waals surface area contributed by atoms with E-state index in [0.29, 0.717) is 11.1 Å². The van der Waals surface area contributed by atoms with E-state index in [1.807, 2.05) is 62.4 Å². The van der Waals surface area contributed by atoms with Crippen molar-refractivity contribution >= 4 is 23.8 Å². The maximum absolute atomic E-state index is 10.7. The van der Waals surface area contributed by atoms with Crippen LogP contribution >= 0.6 is 0 Å². The summed E-state index contributed by atoms with van der Waals surface area (Å²) in [5.41, 5.74) is 6.63. The van der Waals surface area contributed by atoms with Crippen LogP contribution in [0.2, 0.25) is 0 Å². The molecule has 0 aliphatic heterocycles. The Kier molecular flexibility index (Phi) is 7.02. The number of hydrogen-bond donors (Lipinski definition) is 2. The molecule has 0 aliphatic rings. The number of aryl methyl sites for hydroxylation is 2. The Morgan fingerprint density at radius 3 is 1.21 bits per heavy atom. The molecule has 178 valence electrons. The first-order chi connectivity index (χ1) is 15.8. The molecule has 0 fully saturated rings. The van der Waals surface area contributed by atoms with Crippen molar-refractivity contribution in [1.29, 1.82) is 0 Å². The summed E-state index contributed by atoms with van der Waals surface area (Å²) in [4.78, 5) is 9.10. The number of benzene rings is 3. The zero-order valence-corrected chi connectivity index (χ0v) is 21.6. The lowest BCUT2D eigenvalue weighted by Crippen LogP contribution is -2.12. The lowest BCUT2D eigenvalue weighted by Gasteiger charge is -2.22. The van der Waals surface area contributed by atoms with E-state index in [1.54, 1.807) is 12.4 Å². The Labute approximate surface area is 203 Å². The summed E-state index contributed by atoms with van der Waals surface area (Å²) in [6, 6.07) is 15.5. The van der Waals surface area contributed by atoms with E-state index in [1.165, 1.54) is 0 Å². The normalized spacial score (nSPS) is 12.7. The number of aliphatic imine (C=N–C) groups is 2. The van der Waals surface area contributed by atoms with Crippen molar-refractivity contribution in [1.82, 2.24) is 0 Å². The number of hydrogen-bond acceptors (Lipinski definition) is 4. The van der Waals surface area contributed by atoms with Crippen molar-refractivity contribution in [2.24, 2.45) is 9.98 Å². The van der Waals surface area contributed by atoms with Crippen LogP contribution in [0, 0.1) is 13.8 Å². The van der Waals surface area contributed by atoms with Crippen molar-refractivity contribution in [2.45, 2.75) is 66.2 Å². The van der Waals surface area contributed by atoms with E-state index in [-0.39, 0.29) is 22.3 Å². The Morgan fingerprint density at radius 1 is 0.588 bits per heavy atom. The van der Waals surface area contributed by atoms with Gasteiger partial charge in [0.15, 0.2) is 0 Å². The minimum Gasteiger partial charge on any atom is -0.507 e. The number of phenolic OH excluding ortho intramolecular Hbond substituents is 2. The van der Waals surface area contributed by atoms with Crippen molar-refractivity contribution in [3.63, 3.8) is 0 Å². The second kappa shape index (κ2) is 9.46. The molecule has 3 aromatic rings. The molecule has 0 amide bonds. The first-order valence-corrected chi connectivity index (χ1v) is 11.6. The van der Waals surface area contributed by atoms with E-state index in [9.17, 15) is 10.2 Å². The van der Waals surface area contributed by atoms with Gasteiger partial charge in [0.25, 0.3) is 0 Å². The molecule has 0 spiro atoms. The summed E-state index contributed by atoms with van der Waals surface area (Å²) < 4.78 is 0. The molecule has 3 aromatic carbocycles. The van der Waals surface area contributed by atoms with Gasteiger partial charge in [-0.1, -0.05) is 53.7 Å². The molecule has 0 saturated carbocycles. The van der Waals surface area contributed by atoms with Gasteiger partial charge < -0.3 is 10.2 Å². The van der Waals surface area contributed by atoms with Gasteiger partial charge in [-0.3, -0.25) is 9.98 Å². The van der Waals surface area contributed by atoms with Gasteiger partial charge in [0.1, 0.15) is 11.5 Å². The van der Waals surface area contributed by atoms with Gasteiger partial charge in [0.2, 0.25) is 0 Å². The van der Waals surface area contributed by atoms with Crippen molar-refractivity contribution in [3.05, 3.63) is 81.9 Å². The summed E-state index contributed by atoms with van der Waals surface area (Å²) in [5, 5.41) is 21.5. The van der Waals surface area contributed by atoms with Crippen LogP contribution in [0.4, 0.5) is 11.4 Å². The van der Waals surface area contributed by atoms with Crippen LogP contribution in [0.1, 0.15) is 74.9 Å². The van der Waals surface area contributed by atoms with Crippen LogP contribution in [-0.2, 0) is 10.8 Å². The lowest BCUT2D eigenvalue weighted by atomic mass is 9.84. The summed E-state index contributed by atoms with van der Waals surface area (Å²) in [7, 11) is 0. The first kappa shape index (κ1) is 25.2. The molecular formula is C30H36N2O2. The molecule has 0 aromatic heterocycles. The average Bonchev–Trinajstić information content (AvgIpc) is 2.73. The fourth-order valence-corrected chi connectivity index (χ4v) is 3.87. The molecule has 3 rings (SSSR count). The highest BCUT2D eigenvalue weighted by Gasteiger charge is 2.21. The van der Waals surface area contributed by atoms with E-state index >= 15 is 0 Å². The van der Waals surface area contributed by atoms with Crippen LogP contribution in [0.3, 0.4) is 0 Å². The van der Waals surface area contributed by atoms with Gasteiger partial charge in [-0.2, -0.15) is 0 Å². The third kappa shape index (κ3) is 5.93. The first-order valence-electron chi connectivity index (χ1n) is 11.6. The predicted octanol–water partition coefficient (Wildman–Crippen LogP) is 7.81. The highest BCUT2D eigenvalue weighted by Crippen LogP contribution is 2.35. The van der Waals surface area contributed by atoms with E-state index in [0.717, 1.165) is 33.6 Å². The van der Waals surface area contributed by atoms with Crippen LogP contribution in [0.5, 0.6) is 11.5 Å². The lowest BCUT2D eigenvalue weighted by molar-refractivity contribution is 0.445. The second-order valence-electron chi connectivity index (χ2n) is 11.0. The summed E-state index contributed by atoms with van der Waals surface area (Å²) in [6.07, 6.45) is 3.41. The Balaban J connectivity index is 1.83. The van der Waals surface area contributed by atoms with Gasteiger partial charge in [0, 0.05) is 34.7 Å². The zero-order valence-electron chi connectivity index (χ0n) is 21.6. The van der Waals surface area contributed by atoms with Gasteiger partial charge in [-0.05, 0) is 72.2 Å². The van der Waals surface area contributed by atoms with E-state index in [2.05, 4.69) is 51.5 Å². The summed E-state index contributed by atoms with van der Waals surface area (Å²) in [5.74, 6) is 0.548. The quantitative estimate of drug-likeness (QED) is 0.393. The molecule has 0 atom stereocenters. The SMILES string of the molecule is Cc1cc(C=Nc2ccc(N=Cc3cc(C)cc(C(C)(C)C)c3O)cc2)c(O)c(C(C)(C)C)c1. The molecule has 0 radical (unpaired) electrons. The van der Waals surface area contributed by atoms with Gasteiger partial charge in [-0.15, -0.1) is 0 Å². The number of rotatable bonds is 4. The number of aromatic hydroxyl groups is 2. The van der Waals surface area contributed by atoms with Crippen molar-refractivity contribution < 1.29 is 10.2 Å². The van der Waals surface area contributed by atoms with Crippen molar-refractivity contribution in [3.8, 4) is 11.5 Å². The highest BCUT2D eigenvalue weighted by atomic mass is 16.3. The molecule has 34 heavy (non-hydrogen) atoms. The maximum Gasteiger partial charge on any atom is 0.128 e. The smallest absolute Gasteiger partial charge is 0.128 e. The predicted molar refractivity (Wildman–Crippen MR) is 144 cm³/mol. The zero-order chi connectivity index (χ0) is 25.3. The van der Waals surface area contributed by atoms with Gasteiger partial charge in [-0.25, -0.2) is 0 Å². The summed E-state index contributed by atoms with van der Waals surface area (Å²) >= 11 is 0. The van der Waals surface area contributed by atoms with Crippen molar-refractivity contribution in [2.75, 3.05) is 0 Å². The molecule has 0 unspecified atom stereocenters. The molecule has 2 N–H and O–H groups in total. The minimum atomic E-state index is -0.155. The van der Waals surface area contributed by atoms with Crippen LogP contribution in [0.25, 0.3) is 0 Å². The second-order valence-corrected chi connectivity index (χ2v) is 11.0. The molecule has 4 heteroatoms. The Hall–Kier alpha value is -3.40. The van der Waals surface area contributed by atoms with Gasteiger partial charge >= 0.3 is 0 Å². The Bertz CT molecular complexity index is 1140. The molecule has 0 bridgehead atoms. The number of nitrogens with zero attached hydrogens (tertiary/aromatic N) is 2. The highest BCUT2D eigenvalue weighted by molar-refractivity contribution is 5.88. The maximum atomic E-state index is 10.7. The fraction of sp³-hybridized carbons (Fsp3) is 0.333. The summed E-state index contributed by atoms with van der Waals surface area (Å²) in [6.45, 7) is 16.6. The molecule has 0 aliphatic carbocycles. The van der Waals surface area contributed by atoms with Gasteiger partial charge in [0.05, 0.1) is 11.4 Å². The Morgan fingerprint density at radius 2 is 0.912 bits per heavy atom. The molecule has 0 heterocycles. The largest absolute Gasteiger partial charge is 0.507 e. The molecule has 4 nitrogen and oxygen atoms in total. The van der Waals surface area contributed by atoms with Crippen LogP contribution < -0.4 is 0 Å². The minimum absolute atomic E-state index is 0.155. The van der Waals surface area contributed by atoms with Crippen LogP contribution in [0.15, 0.2) is 58.5 Å². The van der Waals surface area contributed by atoms with E-state index in [4.69, 9.17) is 0 Å². The molecule has 0 saturated heterocycles. The topological polar surface area (TPSA) is 65.2 Å². The third-order valence-electron chi connectivity index (χ3n) is 5.74.